The maximum Gasteiger partial charge on any atom is 0.319 e. The van der Waals surface area contributed by atoms with Crippen molar-refractivity contribution in [2.24, 2.45) is 0 Å². The van der Waals surface area contributed by atoms with Gasteiger partial charge in [-0.25, -0.2) is 14.2 Å². The number of nitrogens with zero attached hydrogens (tertiary/aromatic N) is 5. The van der Waals surface area contributed by atoms with Gasteiger partial charge in [-0.3, -0.25) is 14.9 Å². The molecule has 216 valence electrons. The summed E-state index contributed by atoms with van der Waals surface area (Å²) in [6, 6.07) is 5.65. The fourth-order valence-electron chi connectivity index (χ4n) is 6.94. The van der Waals surface area contributed by atoms with E-state index in [1.54, 1.807) is 0 Å². The van der Waals surface area contributed by atoms with E-state index in [4.69, 9.17) is 16.1 Å². The molecule has 42 heavy (non-hydrogen) atoms. The highest BCUT2D eigenvalue weighted by atomic mass is 19.1. The number of aromatic hydroxyl groups is 1. The smallest absolute Gasteiger partial charge is 0.319 e. The summed E-state index contributed by atoms with van der Waals surface area (Å²) in [6.45, 7) is 4.02. The molecule has 0 atom stereocenters. The summed E-state index contributed by atoms with van der Waals surface area (Å²) >= 11 is 0. The molecule has 10 heteroatoms. The normalized spacial score (nSPS) is 18.7. The molecule has 3 fully saturated rings. The monoisotopic (exact) mass is 570 g/mol. The number of anilines is 1. The van der Waals surface area contributed by atoms with Crippen LogP contribution in [0.2, 0.25) is 0 Å². The molecule has 8 nitrogen and oxygen atoms in total. The Labute approximate surface area is 242 Å². The summed E-state index contributed by atoms with van der Waals surface area (Å²) in [5, 5.41) is 13.6. The highest BCUT2D eigenvalue weighted by Gasteiger charge is 2.45. The first-order chi connectivity index (χ1) is 20.5. The molecule has 0 amide bonds. The topological polar surface area (TPSA) is 86.6 Å². The van der Waals surface area contributed by atoms with Gasteiger partial charge in [-0.05, 0) is 75.2 Å². The van der Waals surface area contributed by atoms with E-state index >= 15 is 4.39 Å². The fraction of sp³-hybridized carbons (Fsp3) is 0.406. The lowest BCUT2D eigenvalue weighted by Gasteiger charge is -2.31. The van der Waals surface area contributed by atoms with Crippen molar-refractivity contribution in [2.45, 2.75) is 50.5 Å². The van der Waals surface area contributed by atoms with Crippen molar-refractivity contribution in [1.82, 2.24) is 25.3 Å². The van der Waals surface area contributed by atoms with Crippen LogP contribution in [0, 0.1) is 24.0 Å². The number of nitrogens with one attached hydrogen (secondary N) is 1. The molecule has 3 aliphatic rings. The summed E-state index contributed by atoms with van der Waals surface area (Å²) in [6.07, 6.45) is 14.6. The Morgan fingerprint density at radius 2 is 1.88 bits per heavy atom. The zero-order valence-corrected chi connectivity index (χ0v) is 23.3. The van der Waals surface area contributed by atoms with Crippen LogP contribution in [0.3, 0.4) is 0 Å². The first kappa shape index (κ1) is 26.8. The van der Waals surface area contributed by atoms with Crippen LogP contribution in [0.25, 0.3) is 32.9 Å². The number of rotatable bonds is 5. The van der Waals surface area contributed by atoms with Crippen molar-refractivity contribution >= 4 is 27.5 Å². The molecule has 5 heterocycles. The molecule has 4 aromatic rings. The van der Waals surface area contributed by atoms with Crippen molar-refractivity contribution in [1.29, 1.82) is 0 Å². The third-order valence-corrected chi connectivity index (χ3v) is 8.99. The molecule has 2 aromatic heterocycles. The lowest BCUT2D eigenvalue weighted by molar-refractivity contribution is 0.108. The van der Waals surface area contributed by atoms with Crippen LogP contribution in [0.15, 0.2) is 30.5 Å². The third kappa shape index (κ3) is 4.48. The number of terminal acetylenes is 1. The lowest BCUT2D eigenvalue weighted by Crippen LogP contribution is -2.43. The number of phenolic OH excluding ortho intramolecular Hbond substituents is 1. The van der Waals surface area contributed by atoms with Gasteiger partial charge in [-0.2, -0.15) is 9.97 Å². The molecule has 2 aromatic carbocycles. The number of hydrazine groups is 1. The van der Waals surface area contributed by atoms with Gasteiger partial charge in [-0.1, -0.05) is 18.4 Å². The van der Waals surface area contributed by atoms with Gasteiger partial charge in [0.25, 0.3) is 0 Å². The average Bonchev–Trinajstić information content (AvgIpc) is 3.45. The highest BCUT2D eigenvalue weighted by molar-refractivity contribution is 6.03. The standard InChI is InChI=1S/C32H32F2N6O2/c1-2-22-25(33)9-8-20-16-21(41)17-23(26(20)22)28-27(34)29-24(18-35-28)30(40-15-5-3-4-12-36-40)38-31(37-29)42-19-32-10-6-13-39(32)14-7-11-32/h1,8-9,16-18,36,41H,3-7,10-15,19H2. The van der Waals surface area contributed by atoms with Crippen LogP contribution in [0.1, 0.15) is 50.5 Å². The van der Waals surface area contributed by atoms with Crippen LogP contribution in [-0.2, 0) is 0 Å². The Kier molecular flexibility index (Phi) is 6.79. The number of phenols is 1. The minimum atomic E-state index is -0.725. The van der Waals surface area contributed by atoms with Crippen molar-refractivity contribution < 1.29 is 18.6 Å². The van der Waals surface area contributed by atoms with Crippen LogP contribution < -0.4 is 15.2 Å². The molecule has 2 N–H and O–H groups in total. The van der Waals surface area contributed by atoms with E-state index in [0.29, 0.717) is 35.1 Å². The first-order valence-corrected chi connectivity index (χ1v) is 14.6. The Morgan fingerprint density at radius 1 is 1.05 bits per heavy atom. The van der Waals surface area contributed by atoms with Gasteiger partial charge in [0.05, 0.1) is 16.5 Å². The van der Waals surface area contributed by atoms with Crippen LogP contribution >= 0.6 is 0 Å². The van der Waals surface area contributed by atoms with E-state index < -0.39 is 11.6 Å². The number of aromatic nitrogens is 3. The fourth-order valence-corrected chi connectivity index (χ4v) is 6.94. The van der Waals surface area contributed by atoms with Gasteiger partial charge in [0.1, 0.15) is 29.4 Å². The van der Waals surface area contributed by atoms with Gasteiger partial charge >= 0.3 is 6.01 Å². The maximum absolute atomic E-state index is 16.6. The van der Waals surface area contributed by atoms with E-state index in [2.05, 4.69) is 26.2 Å². The zero-order chi connectivity index (χ0) is 28.8. The second-order valence-electron chi connectivity index (χ2n) is 11.5. The van der Waals surface area contributed by atoms with Gasteiger partial charge in [-0.15, -0.1) is 6.42 Å². The summed E-state index contributed by atoms with van der Waals surface area (Å²) < 4.78 is 37.7. The van der Waals surface area contributed by atoms with Crippen LogP contribution in [0.4, 0.5) is 14.6 Å². The van der Waals surface area contributed by atoms with Gasteiger partial charge in [0.15, 0.2) is 11.6 Å². The van der Waals surface area contributed by atoms with Crippen molar-refractivity contribution in [3.63, 3.8) is 0 Å². The molecule has 7 rings (SSSR count). The third-order valence-electron chi connectivity index (χ3n) is 8.99. The van der Waals surface area contributed by atoms with Crippen molar-refractivity contribution in [3.8, 4) is 35.4 Å². The Hall–Kier alpha value is -4.07. The largest absolute Gasteiger partial charge is 0.508 e. The highest BCUT2D eigenvalue weighted by Crippen LogP contribution is 2.41. The summed E-state index contributed by atoms with van der Waals surface area (Å²) in [7, 11) is 0. The molecule has 0 aliphatic carbocycles. The number of pyridine rings is 1. The second-order valence-corrected chi connectivity index (χ2v) is 11.5. The van der Waals surface area contributed by atoms with Gasteiger partial charge in [0.2, 0.25) is 0 Å². The number of ether oxygens (including phenoxy) is 1. The van der Waals surface area contributed by atoms with Crippen molar-refractivity contribution in [3.05, 3.63) is 47.7 Å². The molecule has 0 spiro atoms. The Balaban J connectivity index is 1.39. The maximum atomic E-state index is 16.6. The summed E-state index contributed by atoms with van der Waals surface area (Å²) in [4.78, 5) is 16.3. The summed E-state index contributed by atoms with van der Waals surface area (Å²) in [5.74, 6) is 1.42. The van der Waals surface area contributed by atoms with E-state index in [9.17, 15) is 9.50 Å². The zero-order valence-electron chi connectivity index (χ0n) is 23.3. The molecule has 0 bridgehead atoms. The quantitative estimate of drug-likeness (QED) is 0.312. The minimum absolute atomic E-state index is 0.0260. The summed E-state index contributed by atoms with van der Waals surface area (Å²) in [5.41, 5.74) is 3.46. The van der Waals surface area contributed by atoms with Crippen LogP contribution in [0.5, 0.6) is 11.8 Å². The molecule has 0 radical (unpaired) electrons. The molecule has 3 saturated heterocycles. The molecular weight excluding hydrogens is 538 g/mol. The van der Waals surface area contributed by atoms with E-state index in [0.717, 1.165) is 64.6 Å². The second kappa shape index (κ2) is 10.6. The number of fused-ring (bicyclic) bond motifs is 3. The number of hydrogen-bond acceptors (Lipinski definition) is 8. The molecule has 0 unspecified atom stereocenters. The lowest BCUT2D eigenvalue weighted by atomic mass is 9.95. The first-order valence-electron chi connectivity index (χ1n) is 14.6. The van der Waals surface area contributed by atoms with E-state index in [1.165, 1.54) is 30.5 Å². The number of benzene rings is 2. The predicted octanol–water partition coefficient (Wildman–Crippen LogP) is 5.31. The molecule has 3 aliphatic heterocycles. The van der Waals surface area contributed by atoms with Crippen LogP contribution in [-0.4, -0.2) is 63.3 Å². The van der Waals surface area contributed by atoms with Gasteiger partial charge < -0.3 is 9.84 Å². The SMILES string of the molecule is C#Cc1c(F)ccc2cc(O)cc(-c3ncc4c(N5CCCCCN5)nc(OCC56CCCN5CCC6)nc4c3F)c12. The van der Waals surface area contributed by atoms with Gasteiger partial charge in [0, 0.05) is 30.2 Å². The Morgan fingerprint density at radius 3 is 2.69 bits per heavy atom. The average molecular weight is 571 g/mol. The van der Waals surface area contributed by atoms with Crippen molar-refractivity contribution in [2.75, 3.05) is 37.8 Å². The number of halogens is 2. The number of hydrogen-bond donors (Lipinski definition) is 2. The minimum Gasteiger partial charge on any atom is -0.508 e. The Bertz CT molecular complexity index is 1720. The predicted molar refractivity (Wildman–Crippen MR) is 157 cm³/mol. The molecular formula is C32H32F2N6O2. The van der Waals surface area contributed by atoms with E-state index in [-0.39, 0.29) is 39.6 Å². The molecule has 0 saturated carbocycles. The van der Waals surface area contributed by atoms with E-state index in [1.807, 2.05) is 5.01 Å².